The average molecular weight is 168 g/mol. The predicted molar refractivity (Wildman–Crippen MR) is 50.7 cm³/mol. The van der Waals surface area contributed by atoms with E-state index in [1.807, 2.05) is 31.3 Å². The fourth-order valence-electron chi connectivity index (χ4n) is 0.566. The molecule has 3 nitrogen and oxygen atoms in total. The molecule has 1 amide bonds. The van der Waals surface area contributed by atoms with Crippen LogP contribution in [0, 0.1) is 0 Å². The zero-order chi connectivity index (χ0) is 9.56. The Morgan fingerprint density at radius 2 is 2.17 bits per heavy atom. The number of rotatable bonds is 4. The topological polar surface area (TPSA) is 32.3 Å². The van der Waals surface area contributed by atoms with E-state index in [0.717, 1.165) is 0 Å². The van der Waals surface area contributed by atoms with Crippen molar-refractivity contribution in [2.24, 2.45) is 0 Å². The summed E-state index contributed by atoms with van der Waals surface area (Å²) in [5.74, 6) is -0.0987. The summed E-state index contributed by atoms with van der Waals surface area (Å²) in [6.07, 6.45) is 3.76. The molecule has 0 aromatic rings. The second-order valence-corrected chi connectivity index (χ2v) is 2.84. The summed E-state index contributed by atoms with van der Waals surface area (Å²) in [4.78, 5) is 12.8. The van der Waals surface area contributed by atoms with E-state index >= 15 is 0 Å². The molecule has 0 saturated heterocycles. The molecular formula is C9H16N2O. The molecule has 0 bridgehead atoms. The number of nitrogens with zero attached hydrogens (tertiary/aromatic N) is 1. The van der Waals surface area contributed by atoms with Crippen LogP contribution in [0.3, 0.4) is 0 Å². The molecule has 0 aromatic carbocycles. The number of carbonyl (C=O) groups is 1. The molecule has 68 valence electrons. The van der Waals surface area contributed by atoms with Gasteiger partial charge in [-0.25, -0.2) is 0 Å². The SMILES string of the molecule is C=C(C)C(=O)NC/C=C/N(C)C. The van der Waals surface area contributed by atoms with Crippen LogP contribution in [-0.2, 0) is 4.79 Å². The maximum Gasteiger partial charge on any atom is 0.246 e. The van der Waals surface area contributed by atoms with Crippen molar-refractivity contribution in [2.45, 2.75) is 6.92 Å². The first-order valence-corrected chi connectivity index (χ1v) is 3.81. The van der Waals surface area contributed by atoms with Gasteiger partial charge in [0.15, 0.2) is 0 Å². The number of hydrogen-bond donors (Lipinski definition) is 1. The quantitative estimate of drug-likeness (QED) is 0.628. The summed E-state index contributed by atoms with van der Waals surface area (Å²) in [6, 6.07) is 0. The summed E-state index contributed by atoms with van der Waals surface area (Å²) in [7, 11) is 3.86. The van der Waals surface area contributed by atoms with Gasteiger partial charge in [-0.2, -0.15) is 0 Å². The molecule has 0 radical (unpaired) electrons. The first-order valence-electron chi connectivity index (χ1n) is 3.81. The lowest BCUT2D eigenvalue weighted by atomic mass is 10.3. The summed E-state index contributed by atoms with van der Waals surface area (Å²) in [5, 5.41) is 2.69. The van der Waals surface area contributed by atoms with Crippen molar-refractivity contribution in [2.75, 3.05) is 20.6 Å². The van der Waals surface area contributed by atoms with E-state index in [2.05, 4.69) is 11.9 Å². The van der Waals surface area contributed by atoms with E-state index in [1.165, 1.54) is 0 Å². The van der Waals surface area contributed by atoms with Crippen LogP contribution in [0.25, 0.3) is 0 Å². The van der Waals surface area contributed by atoms with Crippen molar-refractivity contribution in [1.82, 2.24) is 10.2 Å². The van der Waals surface area contributed by atoms with Crippen molar-refractivity contribution in [3.63, 3.8) is 0 Å². The third kappa shape index (κ3) is 5.53. The third-order valence-electron chi connectivity index (χ3n) is 1.17. The molecule has 3 heteroatoms. The number of nitrogens with one attached hydrogen (secondary N) is 1. The molecule has 0 fully saturated rings. The monoisotopic (exact) mass is 168 g/mol. The Bertz CT molecular complexity index is 195. The van der Waals surface area contributed by atoms with Gasteiger partial charge in [-0.15, -0.1) is 0 Å². The highest BCUT2D eigenvalue weighted by Gasteiger charge is 1.96. The van der Waals surface area contributed by atoms with E-state index in [1.54, 1.807) is 6.92 Å². The fraction of sp³-hybridized carbons (Fsp3) is 0.444. The van der Waals surface area contributed by atoms with Gasteiger partial charge in [0.05, 0.1) is 0 Å². The van der Waals surface area contributed by atoms with Crippen LogP contribution in [0.15, 0.2) is 24.4 Å². The van der Waals surface area contributed by atoms with Crippen LogP contribution >= 0.6 is 0 Å². The zero-order valence-corrected chi connectivity index (χ0v) is 7.92. The minimum atomic E-state index is -0.0987. The zero-order valence-electron chi connectivity index (χ0n) is 7.92. The number of hydrogen-bond acceptors (Lipinski definition) is 2. The highest BCUT2D eigenvalue weighted by atomic mass is 16.1. The van der Waals surface area contributed by atoms with Gasteiger partial charge in [0.25, 0.3) is 0 Å². The maximum absolute atomic E-state index is 10.9. The summed E-state index contributed by atoms with van der Waals surface area (Å²) >= 11 is 0. The Hall–Kier alpha value is -1.25. The minimum Gasteiger partial charge on any atom is -0.384 e. The predicted octanol–water partition coefficient (Wildman–Crippen LogP) is 0.754. The van der Waals surface area contributed by atoms with Crippen LogP contribution in [-0.4, -0.2) is 31.4 Å². The molecule has 0 spiro atoms. The van der Waals surface area contributed by atoms with Gasteiger partial charge in [0, 0.05) is 26.2 Å². The molecule has 0 aromatic heterocycles. The number of amides is 1. The second kappa shape index (κ2) is 5.41. The molecule has 0 rings (SSSR count). The van der Waals surface area contributed by atoms with Crippen molar-refractivity contribution in [3.05, 3.63) is 24.4 Å². The van der Waals surface area contributed by atoms with Crippen LogP contribution in [0.4, 0.5) is 0 Å². The smallest absolute Gasteiger partial charge is 0.246 e. The van der Waals surface area contributed by atoms with Gasteiger partial charge in [-0.1, -0.05) is 6.58 Å². The first kappa shape index (κ1) is 10.8. The van der Waals surface area contributed by atoms with Crippen LogP contribution in [0.2, 0.25) is 0 Å². The molecule has 0 unspecified atom stereocenters. The van der Waals surface area contributed by atoms with E-state index in [9.17, 15) is 4.79 Å². The van der Waals surface area contributed by atoms with Crippen LogP contribution in [0.1, 0.15) is 6.92 Å². The Morgan fingerprint density at radius 1 is 1.58 bits per heavy atom. The summed E-state index contributed by atoms with van der Waals surface area (Å²) in [5.41, 5.74) is 0.535. The highest BCUT2D eigenvalue weighted by molar-refractivity contribution is 5.92. The second-order valence-electron chi connectivity index (χ2n) is 2.84. The Morgan fingerprint density at radius 3 is 2.58 bits per heavy atom. The van der Waals surface area contributed by atoms with Crippen LogP contribution in [0.5, 0.6) is 0 Å². The van der Waals surface area contributed by atoms with Crippen molar-refractivity contribution in [1.29, 1.82) is 0 Å². The van der Waals surface area contributed by atoms with E-state index in [0.29, 0.717) is 12.1 Å². The van der Waals surface area contributed by atoms with Gasteiger partial charge in [-0.05, 0) is 19.2 Å². The highest BCUT2D eigenvalue weighted by Crippen LogP contribution is 1.84. The maximum atomic E-state index is 10.9. The summed E-state index contributed by atoms with van der Waals surface area (Å²) in [6.45, 7) is 5.75. The lowest BCUT2D eigenvalue weighted by Gasteiger charge is -2.04. The largest absolute Gasteiger partial charge is 0.384 e. The van der Waals surface area contributed by atoms with Gasteiger partial charge >= 0.3 is 0 Å². The summed E-state index contributed by atoms with van der Waals surface area (Å²) < 4.78 is 0. The van der Waals surface area contributed by atoms with Gasteiger partial charge in [0.1, 0.15) is 0 Å². The molecule has 0 heterocycles. The normalized spacial score (nSPS) is 9.92. The van der Waals surface area contributed by atoms with Crippen molar-refractivity contribution >= 4 is 5.91 Å². The first-order chi connectivity index (χ1) is 5.54. The van der Waals surface area contributed by atoms with Crippen LogP contribution < -0.4 is 5.32 Å². The molecule has 0 saturated carbocycles. The van der Waals surface area contributed by atoms with Crippen molar-refractivity contribution < 1.29 is 4.79 Å². The lowest BCUT2D eigenvalue weighted by molar-refractivity contribution is -0.117. The Kier molecular flexibility index (Phi) is 4.84. The molecule has 12 heavy (non-hydrogen) atoms. The third-order valence-corrected chi connectivity index (χ3v) is 1.17. The Labute approximate surface area is 73.8 Å². The van der Waals surface area contributed by atoms with Gasteiger partial charge in [0.2, 0.25) is 5.91 Å². The molecule has 0 aliphatic rings. The average Bonchev–Trinajstić information content (AvgIpc) is 1.97. The number of carbonyl (C=O) groups excluding carboxylic acids is 1. The van der Waals surface area contributed by atoms with Crippen molar-refractivity contribution in [3.8, 4) is 0 Å². The lowest BCUT2D eigenvalue weighted by Crippen LogP contribution is -2.23. The van der Waals surface area contributed by atoms with Gasteiger partial charge < -0.3 is 10.2 Å². The van der Waals surface area contributed by atoms with Gasteiger partial charge in [-0.3, -0.25) is 4.79 Å². The van der Waals surface area contributed by atoms with E-state index in [4.69, 9.17) is 0 Å². The molecule has 0 aliphatic carbocycles. The minimum absolute atomic E-state index is 0.0987. The fourth-order valence-corrected chi connectivity index (χ4v) is 0.566. The molecule has 1 N–H and O–H groups in total. The standard InChI is InChI=1S/C9H16N2O/c1-8(2)9(12)10-6-5-7-11(3)4/h5,7H,1,6H2,2-4H3,(H,10,12)/b7-5+. The molecule has 0 atom stereocenters. The van der Waals surface area contributed by atoms with E-state index in [-0.39, 0.29) is 5.91 Å². The van der Waals surface area contributed by atoms with E-state index < -0.39 is 0 Å². The Balaban J connectivity index is 3.57. The molecule has 0 aliphatic heterocycles. The molecular weight excluding hydrogens is 152 g/mol.